The van der Waals surface area contributed by atoms with Crippen molar-refractivity contribution in [3.8, 4) is 0 Å². The van der Waals surface area contributed by atoms with Crippen molar-refractivity contribution in [3.63, 3.8) is 0 Å². The van der Waals surface area contributed by atoms with Crippen LogP contribution in [0.3, 0.4) is 0 Å². The molecule has 0 amide bonds. The van der Waals surface area contributed by atoms with Crippen molar-refractivity contribution in [2.45, 2.75) is 45.8 Å². The number of nitrogens with zero attached hydrogens (tertiary/aromatic N) is 2. The van der Waals surface area contributed by atoms with Gasteiger partial charge < -0.3 is 10.1 Å². The molecule has 0 aromatic carbocycles. The number of ether oxygens (including phenoxy) is 1. The van der Waals surface area contributed by atoms with Gasteiger partial charge in [-0.25, -0.2) is 4.98 Å². The first-order valence-corrected chi connectivity index (χ1v) is 7.83. The maximum absolute atomic E-state index is 5.73. The predicted molar refractivity (Wildman–Crippen MR) is 79.9 cm³/mol. The Morgan fingerprint density at radius 3 is 3.00 bits per heavy atom. The molecule has 1 atom stereocenters. The second kappa shape index (κ2) is 7.03. The molecule has 0 saturated carbocycles. The van der Waals surface area contributed by atoms with E-state index in [2.05, 4.69) is 53.2 Å². The molecule has 5 heteroatoms. The van der Waals surface area contributed by atoms with Crippen LogP contribution in [0.5, 0.6) is 0 Å². The molecule has 0 saturated heterocycles. The lowest BCUT2D eigenvalue weighted by atomic mass is 10.1. The van der Waals surface area contributed by atoms with E-state index in [4.69, 9.17) is 4.74 Å². The lowest BCUT2D eigenvalue weighted by molar-refractivity contribution is 0.0611. The first-order valence-electron chi connectivity index (χ1n) is 6.95. The predicted octanol–water partition coefficient (Wildman–Crippen LogP) is 2.73. The smallest absolute Gasteiger partial charge is 0.193 e. The Balaban J connectivity index is 1.95. The average Bonchev–Trinajstić information content (AvgIpc) is 2.93. The fourth-order valence-corrected chi connectivity index (χ4v) is 2.69. The maximum atomic E-state index is 5.73. The van der Waals surface area contributed by atoms with Gasteiger partial charge in [-0.15, -0.1) is 11.3 Å². The van der Waals surface area contributed by atoms with Gasteiger partial charge in [-0.2, -0.15) is 0 Å². The third-order valence-corrected chi connectivity index (χ3v) is 3.68. The monoisotopic (exact) mass is 281 g/mol. The Hall–Kier alpha value is -0.910. The van der Waals surface area contributed by atoms with Gasteiger partial charge in [-0.05, 0) is 26.8 Å². The summed E-state index contributed by atoms with van der Waals surface area (Å²) in [6.07, 6.45) is 6.49. The normalized spacial score (nSPS) is 13.5. The van der Waals surface area contributed by atoms with Crippen LogP contribution >= 0.6 is 11.3 Å². The van der Waals surface area contributed by atoms with Crippen molar-refractivity contribution in [1.82, 2.24) is 14.7 Å². The molecule has 19 heavy (non-hydrogen) atoms. The number of imidazole rings is 1. The first-order chi connectivity index (χ1) is 9.19. The van der Waals surface area contributed by atoms with Crippen LogP contribution in [-0.2, 0) is 11.2 Å². The minimum absolute atomic E-state index is 0.274. The van der Waals surface area contributed by atoms with Gasteiger partial charge in [-0.1, -0.05) is 6.92 Å². The number of nitrogens with one attached hydrogen (secondary N) is 1. The molecule has 0 bridgehead atoms. The van der Waals surface area contributed by atoms with Crippen molar-refractivity contribution in [3.05, 3.63) is 23.5 Å². The van der Waals surface area contributed by atoms with Crippen LogP contribution in [0, 0.1) is 0 Å². The van der Waals surface area contributed by atoms with Gasteiger partial charge in [0.25, 0.3) is 0 Å². The zero-order chi connectivity index (χ0) is 13.7. The molecule has 2 aromatic rings. The highest BCUT2D eigenvalue weighted by molar-refractivity contribution is 7.15. The van der Waals surface area contributed by atoms with Crippen LogP contribution in [-0.4, -0.2) is 34.7 Å². The summed E-state index contributed by atoms with van der Waals surface area (Å²) in [6, 6.07) is 0.340. The van der Waals surface area contributed by atoms with Gasteiger partial charge >= 0.3 is 0 Å². The van der Waals surface area contributed by atoms with E-state index in [9.17, 15) is 0 Å². The first kappa shape index (κ1) is 14.5. The lowest BCUT2D eigenvalue weighted by Crippen LogP contribution is -2.36. The van der Waals surface area contributed by atoms with Gasteiger partial charge in [0.1, 0.15) is 0 Å². The zero-order valence-electron chi connectivity index (χ0n) is 11.9. The molecule has 0 spiro atoms. The summed E-state index contributed by atoms with van der Waals surface area (Å²) in [5, 5.41) is 5.60. The number of hydrogen-bond donors (Lipinski definition) is 1. The highest BCUT2D eigenvalue weighted by Gasteiger charge is 2.13. The van der Waals surface area contributed by atoms with E-state index < -0.39 is 0 Å². The Labute approximate surface area is 118 Å². The lowest BCUT2D eigenvalue weighted by Gasteiger charge is -2.19. The molecule has 2 aromatic heterocycles. The zero-order valence-corrected chi connectivity index (χ0v) is 12.7. The van der Waals surface area contributed by atoms with Gasteiger partial charge in [0.05, 0.1) is 18.4 Å². The molecule has 2 rings (SSSR count). The van der Waals surface area contributed by atoms with Crippen molar-refractivity contribution in [1.29, 1.82) is 0 Å². The maximum Gasteiger partial charge on any atom is 0.193 e. The van der Waals surface area contributed by atoms with Crippen LogP contribution in [0.25, 0.3) is 4.96 Å². The largest absolute Gasteiger partial charge is 0.377 e. The number of rotatable bonds is 8. The van der Waals surface area contributed by atoms with Crippen molar-refractivity contribution in [2.24, 2.45) is 0 Å². The number of thiazole rings is 1. The Morgan fingerprint density at radius 2 is 2.32 bits per heavy atom. The van der Waals surface area contributed by atoms with E-state index in [-0.39, 0.29) is 6.10 Å². The van der Waals surface area contributed by atoms with E-state index >= 15 is 0 Å². The molecule has 4 nitrogen and oxygen atoms in total. The summed E-state index contributed by atoms with van der Waals surface area (Å²) >= 11 is 1.67. The van der Waals surface area contributed by atoms with Crippen LogP contribution < -0.4 is 5.32 Å². The van der Waals surface area contributed by atoms with Crippen molar-refractivity contribution >= 4 is 16.3 Å². The number of fused-ring (bicyclic) bond motifs is 1. The summed E-state index contributed by atoms with van der Waals surface area (Å²) in [4.78, 5) is 5.70. The van der Waals surface area contributed by atoms with Gasteiger partial charge in [0, 0.05) is 30.2 Å². The second-order valence-corrected chi connectivity index (χ2v) is 5.94. The third kappa shape index (κ3) is 4.30. The minimum Gasteiger partial charge on any atom is -0.377 e. The molecule has 1 N–H and O–H groups in total. The summed E-state index contributed by atoms with van der Waals surface area (Å²) in [7, 11) is 0. The highest BCUT2D eigenvalue weighted by atomic mass is 32.1. The van der Waals surface area contributed by atoms with Crippen molar-refractivity contribution < 1.29 is 4.74 Å². The standard InChI is InChI=1S/C14H23N3OS/c1-4-5-15-13(10-18-11(2)3)8-12-9-17-6-7-19-14(17)16-12/h6-7,9,11,13,15H,4-5,8,10H2,1-3H3. The SMILES string of the molecule is CCCNC(COC(C)C)Cc1cn2ccsc2n1. The number of hydrogen-bond acceptors (Lipinski definition) is 4. The second-order valence-electron chi connectivity index (χ2n) is 5.06. The van der Waals surface area contributed by atoms with Crippen LogP contribution in [0.2, 0.25) is 0 Å². The Kier molecular flexibility index (Phi) is 5.36. The van der Waals surface area contributed by atoms with Crippen LogP contribution in [0.15, 0.2) is 17.8 Å². The van der Waals surface area contributed by atoms with Gasteiger partial charge in [0.15, 0.2) is 4.96 Å². The highest BCUT2D eigenvalue weighted by Crippen LogP contribution is 2.13. The van der Waals surface area contributed by atoms with Crippen LogP contribution in [0.4, 0.5) is 0 Å². The molecule has 0 aliphatic carbocycles. The quantitative estimate of drug-likeness (QED) is 0.808. The Morgan fingerprint density at radius 1 is 1.47 bits per heavy atom. The molecule has 0 fully saturated rings. The van der Waals surface area contributed by atoms with E-state index in [0.717, 1.165) is 36.6 Å². The van der Waals surface area contributed by atoms with Crippen molar-refractivity contribution in [2.75, 3.05) is 13.2 Å². The fourth-order valence-electron chi connectivity index (χ4n) is 1.97. The summed E-state index contributed by atoms with van der Waals surface area (Å²) in [5.41, 5.74) is 1.13. The molecule has 1 unspecified atom stereocenters. The molecule has 106 valence electrons. The van der Waals surface area contributed by atoms with Crippen LogP contribution in [0.1, 0.15) is 32.9 Å². The molecule has 0 radical (unpaired) electrons. The molecule has 0 aliphatic rings. The summed E-state index contributed by atoms with van der Waals surface area (Å²) < 4.78 is 7.82. The molecule has 2 heterocycles. The number of aromatic nitrogens is 2. The van der Waals surface area contributed by atoms with E-state index in [1.165, 1.54) is 0 Å². The fraction of sp³-hybridized carbons (Fsp3) is 0.643. The molecular formula is C14H23N3OS. The molecule has 0 aliphatic heterocycles. The van der Waals surface area contributed by atoms with Gasteiger partial charge in [-0.3, -0.25) is 4.40 Å². The third-order valence-electron chi connectivity index (χ3n) is 2.91. The minimum atomic E-state index is 0.274. The average molecular weight is 281 g/mol. The van der Waals surface area contributed by atoms with Gasteiger partial charge in [0.2, 0.25) is 0 Å². The van der Waals surface area contributed by atoms with E-state index in [1.54, 1.807) is 11.3 Å². The van der Waals surface area contributed by atoms with E-state index in [1.807, 2.05) is 0 Å². The Bertz CT molecular complexity index is 463. The van der Waals surface area contributed by atoms with E-state index in [0.29, 0.717) is 6.04 Å². The summed E-state index contributed by atoms with van der Waals surface area (Å²) in [6.45, 7) is 8.09. The topological polar surface area (TPSA) is 38.6 Å². The summed E-state index contributed by atoms with van der Waals surface area (Å²) in [5.74, 6) is 0. The molecular weight excluding hydrogens is 258 g/mol.